The number of nitrogens with zero attached hydrogens (tertiary/aromatic N) is 1. The minimum Gasteiger partial charge on any atom is -0.377 e. The number of fused-ring (bicyclic) bond motifs is 1. The van der Waals surface area contributed by atoms with E-state index < -0.39 is 0 Å². The Morgan fingerprint density at radius 3 is 1.97 bits per heavy atom. The molecule has 33 heavy (non-hydrogen) atoms. The molecule has 8 aliphatic rings. The van der Waals surface area contributed by atoms with Gasteiger partial charge in [0.05, 0.1) is 0 Å². The highest BCUT2D eigenvalue weighted by molar-refractivity contribution is 5.93. The van der Waals surface area contributed by atoms with Gasteiger partial charge in [-0.25, -0.2) is 0 Å². The normalized spacial score (nSPS) is 43.0. The molecule has 0 spiro atoms. The van der Waals surface area contributed by atoms with Crippen LogP contribution in [0.4, 0.5) is 5.69 Å². The lowest BCUT2D eigenvalue weighted by Crippen LogP contribution is -2.49. The summed E-state index contributed by atoms with van der Waals surface area (Å²) in [6.45, 7) is 0. The van der Waals surface area contributed by atoms with Crippen LogP contribution in [0.2, 0.25) is 0 Å². The molecule has 0 amide bonds. The number of benzene rings is 2. The molecule has 2 aromatic carbocycles. The van der Waals surface area contributed by atoms with E-state index in [1.54, 1.807) is 22.2 Å². The highest BCUT2D eigenvalue weighted by Crippen LogP contribution is 2.66. The van der Waals surface area contributed by atoms with E-state index in [0.717, 1.165) is 35.5 Å². The largest absolute Gasteiger partial charge is 0.377 e. The Morgan fingerprint density at radius 1 is 0.758 bits per heavy atom. The molecule has 1 nitrogen and oxygen atoms in total. The van der Waals surface area contributed by atoms with Crippen molar-refractivity contribution in [2.24, 2.45) is 35.5 Å². The van der Waals surface area contributed by atoms with Crippen LogP contribution in [0.1, 0.15) is 87.7 Å². The van der Waals surface area contributed by atoms with Gasteiger partial charge in [0.1, 0.15) is 0 Å². The third-order valence-electron chi connectivity index (χ3n) is 11.4. The summed E-state index contributed by atoms with van der Waals surface area (Å²) < 4.78 is 0. The van der Waals surface area contributed by atoms with Crippen LogP contribution in [0.25, 0.3) is 10.8 Å². The van der Waals surface area contributed by atoms with Crippen molar-refractivity contribution in [1.29, 1.82) is 0 Å². The van der Waals surface area contributed by atoms with Gasteiger partial charge >= 0.3 is 0 Å². The van der Waals surface area contributed by atoms with Crippen LogP contribution in [0.5, 0.6) is 0 Å². The van der Waals surface area contributed by atoms with Crippen LogP contribution in [-0.4, -0.2) is 14.1 Å². The molecule has 3 atom stereocenters. The van der Waals surface area contributed by atoms with Crippen LogP contribution >= 0.6 is 0 Å². The first-order valence-electron chi connectivity index (χ1n) is 14.1. The van der Waals surface area contributed by atoms with Crippen molar-refractivity contribution in [3.63, 3.8) is 0 Å². The Kier molecular flexibility index (Phi) is 4.07. The van der Waals surface area contributed by atoms with Crippen molar-refractivity contribution in [3.05, 3.63) is 47.4 Å². The third kappa shape index (κ3) is 2.77. The molecule has 8 fully saturated rings. The Hall–Kier alpha value is -1.50. The predicted molar refractivity (Wildman–Crippen MR) is 138 cm³/mol. The highest BCUT2D eigenvalue weighted by Gasteiger charge is 2.54. The van der Waals surface area contributed by atoms with Crippen LogP contribution in [0, 0.1) is 41.4 Å². The molecule has 0 saturated heterocycles. The van der Waals surface area contributed by atoms with E-state index in [1.165, 1.54) is 76.0 Å². The Labute approximate surface area is 200 Å². The highest BCUT2D eigenvalue weighted by atomic mass is 15.1. The smallest absolute Gasteiger partial charge is 0.0441 e. The van der Waals surface area contributed by atoms with Crippen molar-refractivity contribution < 1.29 is 0 Å². The molecule has 1 heteroatoms. The van der Waals surface area contributed by atoms with Crippen molar-refractivity contribution in [2.45, 2.75) is 82.0 Å². The van der Waals surface area contributed by atoms with Crippen LogP contribution < -0.4 is 4.90 Å². The topological polar surface area (TPSA) is 3.24 Å². The molecule has 0 heterocycles. The molecule has 0 aromatic heterocycles. The summed E-state index contributed by atoms with van der Waals surface area (Å²) in [7, 11) is 4.72. The molecule has 0 aliphatic heterocycles. The monoisotopic (exact) mass is 438 g/mol. The molecule has 1 radical (unpaired) electrons. The fourth-order valence-electron chi connectivity index (χ4n) is 11.1. The van der Waals surface area contributed by atoms with Gasteiger partial charge in [-0.1, -0.05) is 24.3 Å². The van der Waals surface area contributed by atoms with Gasteiger partial charge < -0.3 is 4.90 Å². The van der Waals surface area contributed by atoms with E-state index in [4.69, 9.17) is 0 Å². The van der Waals surface area contributed by atoms with E-state index in [9.17, 15) is 0 Å². The second-order valence-electron chi connectivity index (χ2n) is 13.7. The Bertz CT molecular complexity index is 1050. The summed E-state index contributed by atoms with van der Waals surface area (Å²) in [5.74, 6) is 8.57. The molecule has 3 unspecified atom stereocenters. The first-order valence-corrected chi connectivity index (χ1v) is 14.1. The SMILES string of the molecule is CN(C)c1c(C23CC4CC(CC(C4)C2)C3)cc2ccccc2c1C1[C]2CC3CC(C2)CC1C3. The fraction of sp³-hybridized carbons (Fsp3) is 0.656. The van der Waals surface area contributed by atoms with Crippen LogP contribution in [0.3, 0.4) is 0 Å². The average Bonchev–Trinajstić information content (AvgIpc) is 2.77. The second-order valence-corrected chi connectivity index (χ2v) is 13.7. The maximum absolute atomic E-state index is 2.68. The summed E-state index contributed by atoms with van der Waals surface area (Å²) in [6, 6.07) is 12.2. The molecule has 8 bridgehead atoms. The van der Waals surface area contributed by atoms with Gasteiger partial charge in [-0.2, -0.15) is 0 Å². The summed E-state index contributed by atoms with van der Waals surface area (Å²) in [6.07, 6.45) is 16.4. The Balaban J connectivity index is 1.37. The van der Waals surface area contributed by atoms with E-state index in [0.29, 0.717) is 11.3 Å². The minimum absolute atomic E-state index is 0.448. The van der Waals surface area contributed by atoms with Gasteiger partial charge in [-0.05, 0) is 151 Å². The van der Waals surface area contributed by atoms with Crippen LogP contribution in [0.15, 0.2) is 30.3 Å². The molecule has 10 rings (SSSR count). The molecule has 8 aliphatic carbocycles. The molecular formula is C32H40N. The number of hydrogen-bond acceptors (Lipinski definition) is 1. The van der Waals surface area contributed by atoms with Crippen molar-refractivity contribution in [1.82, 2.24) is 0 Å². The summed E-state index contributed by atoms with van der Waals surface area (Å²) >= 11 is 0. The maximum atomic E-state index is 2.68. The van der Waals surface area contributed by atoms with E-state index in [-0.39, 0.29) is 0 Å². The van der Waals surface area contributed by atoms with E-state index in [2.05, 4.69) is 49.3 Å². The van der Waals surface area contributed by atoms with Crippen molar-refractivity contribution in [3.8, 4) is 0 Å². The zero-order valence-electron chi connectivity index (χ0n) is 20.7. The van der Waals surface area contributed by atoms with Crippen molar-refractivity contribution in [2.75, 3.05) is 19.0 Å². The molecular weight excluding hydrogens is 398 g/mol. The molecule has 0 N–H and O–H groups in total. The lowest BCUT2D eigenvalue weighted by atomic mass is 9.47. The fourth-order valence-corrected chi connectivity index (χ4v) is 11.1. The predicted octanol–water partition coefficient (Wildman–Crippen LogP) is 7.87. The molecule has 2 aromatic rings. The average molecular weight is 439 g/mol. The first-order chi connectivity index (χ1) is 16.1. The molecule has 8 saturated carbocycles. The number of anilines is 1. The Morgan fingerprint density at radius 2 is 1.36 bits per heavy atom. The zero-order valence-corrected chi connectivity index (χ0v) is 20.7. The van der Waals surface area contributed by atoms with E-state index >= 15 is 0 Å². The summed E-state index contributed by atoms with van der Waals surface area (Å²) in [5.41, 5.74) is 5.61. The number of hydrogen-bond donors (Lipinski definition) is 0. The number of rotatable bonds is 3. The minimum atomic E-state index is 0.448. The zero-order chi connectivity index (χ0) is 21.9. The second kappa shape index (κ2) is 6.79. The standard InChI is InChI=1S/C32H40N/c1-33(2)31-28(32-16-21-8-22(17-32)10-23(9-21)18-32)15-24-5-3-4-6-27(24)30(31)29-25-11-19-7-20(13-25)14-26(29)12-19/h3-6,15,19-23,25,29H,7-14,16-18H2,1-2H3. The quantitative estimate of drug-likeness (QED) is 0.471. The first kappa shape index (κ1) is 19.8. The summed E-state index contributed by atoms with van der Waals surface area (Å²) in [4.78, 5) is 2.56. The summed E-state index contributed by atoms with van der Waals surface area (Å²) in [5, 5.41) is 3.10. The van der Waals surface area contributed by atoms with Gasteiger partial charge in [0.2, 0.25) is 0 Å². The van der Waals surface area contributed by atoms with Gasteiger partial charge in [-0.3, -0.25) is 0 Å². The lowest BCUT2D eigenvalue weighted by Gasteiger charge is -2.58. The third-order valence-corrected chi connectivity index (χ3v) is 11.4. The van der Waals surface area contributed by atoms with Crippen molar-refractivity contribution >= 4 is 16.5 Å². The van der Waals surface area contributed by atoms with Gasteiger partial charge in [0, 0.05) is 19.8 Å². The lowest BCUT2D eigenvalue weighted by molar-refractivity contribution is -0.00497. The maximum Gasteiger partial charge on any atom is 0.0441 e. The van der Waals surface area contributed by atoms with Crippen LogP contribution in [-0.2, 0) is 5.41 Å². The van der Waals surface area contributed by atoms with Gasteiger partial charge in [0.15, 0.2) is 0 Å². The molecule has 173 valence electrons. The van der Waals surface area contributed by atoms with Gasteiger partial charge in [0.25, 0.3) is 0 Å². The van der Waals surface area contributed by atoms with E-state index in [1.807, 2.05) is 5.92 Å². The van der Waals surface area contributed by atoms with Gasteiger partial charge in [-0.15, -0.1) is 0 Å².